The predicted molar refractivity (Wildman–Crippen MR) is 120 cm³/mol. The number of nitrogens with two attached hydrogens (primary N) is 1. The summed E-state index contributed by atoms with van der Waals surface area (Å²) < 4.78 is 17.9. The van der Waals surface area contributed by atoms with E-state index in [1.54, 1.807) is 26.5 Å². The van der Waals surface area contributed by atoms with Crippen molar-refractivity contribution in [2.24, 2.45) is 0 Å². The summed E-state index contributed by atoms with van der Waals surface area (Å²) in [7, 11) is 3.35. The zero-order valence-electron chi connectivity index (χ0n) is 18.0. The first kappa shape index (κ1) is 20.1. The molecule has 1 unspecified atom stereocenters. The van der Waals surface area contributed by atoms with Crippen LogP contribution in [0.1, 0.15) is 5.56 Å². The lowest BCUT2D eigenvalue weighted by Gasteiger charge is -2.37. The van der Waals surface area contributed by atoms with Crippen molar-refractivity contribution in [3.05, 3.63) is 48.2 Å². The topological polar surface area (TPSA) is 116 Å². The number of hydrogen-bond acceptors (Lipinski definition) is 9. The maximum Gasteiger partial charge on any atom is 0.225 e. The van der Waals surface area contributed by atoms with E-state index in [2.05, 4.69) is 25.3 Å². The molecule has 0 bridgehead atoms. The lowest BCUT2D eigenvalue weighted by atomic mass is 10.0. The summed E-state index contributed by atoms with van der Waals surface area (Å²) in [4.78, 5) is 11.5. The van der Waals surface area contributed by atoms with Gasteiger partial charge >= 0.3 is 0 Å². The summed E-state index contributed by atoms with van der Waals surface area (Å²) in [5.74, 6) is 3.73. The molecule has 1 atom stereocenters. The molecule has 1 aliphatic heterocycles. The van der Waals surface area contributed by atoms with Crippen LogP contribution in [0.15, 0.2) is 47.1 Å². The zero-order valence-corrected chi connectivity index (χ0v) is 18.0. The maximum absolute atomic E-state index is 6.25. The average molecular weight is 435 g/mol. The molecule has 0 spiro atoms. The second-order valence-corrected chi connectivity index (χ2v) is 7.59. The van der Waals surface area contributed by atoms with Crippen LogP contribution in [-0.2, 0) is 6.42 Å². The Kier molecular flexibility index (Phi) is 5.28. The molecule has 10 heteroatoms. The summed E-state index contributed by atoms with van der Waals surface area (Å²) in [5, 5.41) is 7.91. The third-order valence-electron chi connectivity index (χ3n) is 5.67. The minimum absolute atomic E-state index is 0.145. The van der Waals surface area contributed by atoms with E-state index in [0.29, 0.717) is 17.2 Å². The van der Waals surface area contributed by atoms with Gasteiger partial charge in [0.2, 0.25) is 11.8 Å². The molecule has 4 aromatic rings. The minimum atomic E-state index is 0.145. The molecule has 5 rings (SSSR count). The van der Waals surface area contributed by atoms with E-state index in [-0.39, 0.29) is 12.0 Å². The lowest BCUT2D eigenvalue weighted by Crippen LogP contribution is -2.52. The lowest BCUT2D eigenvalue weighted by molar-refractivity contribution is 0.393. The van der Waals surface area contributed by atoms with Crippen LogP contribution in [0.25, 0.3) is 17.2 Å². The molecule has 0 amide bonds. The number of hydrogen-bond donors (Lipinski definition) is 2. The van der Waals surface area contributed by atoms with Crippen molar-refractivity contribution in [2.75, 3.05) is 44.5 Å². The molecule has 1 aromatic carbocycles. The van der Waals surface area contributed by atoms with Gasteiger partial charge in [-0.3, -0.25) is 0 Å². The number of anilines is 2. The number of piperazine rings is 1. The van der Waals surface area contributed by atoms with Crippen LogP contribution in [0.2, 0.25) is 0 Å². The molecular formula is C22H25N7O3. The monoisotopic (exact) mass is 435 g/mol. The van der Waals surface area contributed by atoms with E-state index in [4.69, 9.17) is 19.6 Å². The quantitative estimate of drug-likeness (QED) is 0.469. The van der Waals surface area contributed by atoms with Crippen LogP contribution in [0.3, 0.4) is 0 Å². The maximum atomic E-state index is 6.25. The normalized spacial score (nSPS) is 16.4. The third kappa shape index (κ3) is 3.69. The second-order valence-electron chi connectivity index (χ2n) is 7.59. The van der Waals surface area contributed by atoms with Gasteiger partial charge in [-0.2, -0.15) is 9.50 Å². The predicted octanol–water partition coefficient (Wildman–Crippen LogP) is 2.00. The van der Waals surface area contributed by atoms with Crippen LogP contribution in [0.5, 0.6) is 11.5 Å². The Morgan fingerprint density at radius 2 is 2.09 bits per heavy atom. The van der Waals surface area contributed by atoms with E-state index in [1.807, 2.05) is 30.3 Å². The summed E-state index contributed by atoms with van der Waals surface area (Å²) >= 11 is 0. The second kappa shape index (κ2) is 8.39. The van der Waals surface area contributed by atoms with E-state index in [0.717, 1.165) is 48.9 Å². The highest BCUT2D eigenvalue weighted by molar-refractivity contribution is 5.60. The van der Waals surface area contributed by atoms with Gasteiger partial charge in [-0.25, -0.2) is 4.98 Å². The highest BCUT2D eigenvalue weighted by Gasteiger charge is 2.26. The van der Waals surface area contributed by atoms with Gasteiger partial charge in [-0.05, 0) is 42.3 Å². The van der Waals surface area contributed by atoms with Crippen LogP contribution in [0, 0.1) is 0 Å². The molecule has 32 heavy (non-hydrogen) atoms. The first-order chi connectivity index (χ1) is 15.7. The van der Waals surface area contributed by atoms with Gasteiger partial charge in [0.25, 0.3) is 0 Å². The number of benzene rings is 1. The van der Waals surface area contributed by atoms with E-state index >= 15 is 0 Å². The smallest absolute Gasteiger partial charge is 0.225 e. The fourth-order valence-electron chi connectivity index (χ4n) is 4.10. The van der Waals surface area contributed by atoms with Crippen molar-refractivity contribution in [2.45, 2.75) is 12.5 Å². The van der Waals surface area contributed by atoms with Crippen molar-refractivity contribution >= 4 is 17.4 Å². The van der Waals surface area contributed by atoms with Gasteiger partial charge in [0.1, 0.15) is 17.3 Å². The van der Waals surface area contributed by atoms with E-state index < -0.39 is 0 Å². The van der Waals surface area contributed by atoms with Crippen molar-refractivity contribution in [1.29, 1.82) is 0 Å². The average Bonchev–Trinajstić information content (AvgIpc) is 3.49. The van der Waals surface area contributed by atoms with Gasteiger partial charge in [0.05, 0.1) is 20.5 Å². The van der Waals surface area contributed by atoms with Crippen LogP contribution < -0.4 is 25.4 Å². The Balaban J connectivity index is 1.48. The molecule has 166 valence electrons. The molecule has 3 aromatic heterocycles. The minimum Gasteiger partial charge on any atom is -0.497 e. The zero-order chi connectivity index (χ0) is 22.1. The van der Waals surface area contributed by atoms with Gasteiger partial charge in [0, 0.05) is 31.7 Å². The summed E-state index contributed by atoms with van der Waals surface area (Å²) in [6.07, 6.45) is 2.34. The fraction of sp³-hybridized carbons (Fsp3) is 0.318. The first-order valence-corrected chi connectivity index (χ1v) is 10.4. The summed E-state index contributed by atoms with van der Waals surface area (Å²) in [6.45, 7) is 2.44. The Morgan fingerprint density at radius 3 is 2.88 bits per heavy atom. The number of nitrogens with one attached hydrogen (secondary N) is 1. The van der Waals surface area contributed by atoms with Gasteiger partial charge in [-0.15, -0.1) is 5.10 Å². The summed E-state index contributed by atoms with van der Waals surface area (Å²) in [5.41, 5.74) is 7.94. The number of ether oxygens (including phenoxy) is 2. The van der Waals surface area contributed by atoms with Crippen molar-refractivity contribution in [3.8, 4) is 23.1 Å². The molecule has 1 saturated heterocycles. The van der Waals surface area contributed by atoms with Gasteiger partial charge in [-0.1, -0.05) is 0 Å². The molecule has 0 radical (unpaired) electrons. The molecule has 1 fully saturated rings. The highest BCUT2D eigenvalue weighted by atomic mass is 16.5. The van der Waals surface area contributed by atoms with Gasteiger partial charge < -0.3 is 29.8 Å². The number of methoxy groups -OCH3 is 2. The molecular weight excluding hydrogens is 410 g/mol. The number of furan rings is 1. The van der Waals surface area contributed by atoms with E-state index in [1.165, 1.54) is 4.52 Å². The van der Waals surface area contributed by atoms with E-state index in [9.17, 15) is 0 Å². The van der Waals surface area contributed by atoms with Crippen LogP contribution in [0.4, 0.5) is 11.8 Å². The highest BCUT2D eigenvalue weighted by Crippen LogP contribution is 2.28. The van der Waals surface area contributed by atoms with Crippen LogP contribution >= 0.6 is 0 Å². The van der Waals surface area contributed by atoms with Crippen molar-refractivity contribution in [3.63, 3.8) is 0 Å². The molecule has 10 nitrogen and oxygen atoms in total. The third-order valence-corrected chi connectivity index (χ3v) is 5.67. The Labute approximate surface area is 185 Å². The Morgan fingerprint density at radius 1 is 1.19 bits per heavy atom. The number of rotatable bonds is 6. The Bertz CT molecular complexity index is 1220. The number of aromatic nitrogens is 4. The number of nitrogens with zero attached hydrogens (tertiary/aromatic N) is 5. The molecule has 3 N–H and O–H groups in total. The number of fused-ring (bicyclic) bond motifs is 1. The molecule has 0 aliphatic carbocycles. The molecule has 0 saturated carbocycles. The largest absolute Gasteiger partial charge is 0.497 e. The van der Waals surface area contributed by atoms with Crippen LogP contribution in [-0.4, -0.2) is 59.5 Å². The fourth-order valence-corrected chi connectivity index (χ4v) is 4.10. The molecule has 4 heterocycles. The van der Waals surface area contributed by atoms with Gasteiger partial charge in [0.15, 0.2) is 11.4 Å². The van der Waals surface area contributed by atoms with Crippen molar-refractivity contribution < 1.29 is 13.9 Å². The SMILES string of the molecule is COc1ccc(OC)c(CC2CNCCN2c2cc3nc(-c4ccco4)nn3c(N)n2)c1. The Hall–Kier alpha value is -3.79. The summed E-state index contributed by atoms with van der Waals surface area (Å²) in [6, 6.07) is 11.5. The standard InChI is InChI=1S/C22H25N7O3/c1-30-16-5-6-17(31-2)14(11-16)10-15-13-24-7-8-28(15)19-12-20-25-21(18-4-3-9-32-18)27-29(20)22(23)26-19/h3-6,9,11-12,15,24H,7-8,10,13H2,1-2H3,(H2,23,26). The molecule has 1 aliphatic rings. The first-order valence-electron chi connectivity index (χ1n) is 10.4. The number of nitrogen functional groups attached to an aromatic ring is 1. The van der Waals surface area contributed by atoms with Crippen molar-refractivity contribution in [1.82, 2.24) is 24.9 Å².